The first-order chi connectivity index (χ1) is 18.1. The third-order valence-electron chi connectivity index (χ3n) is 5.96. The molecule has 5 N–H and O–H groups in total. The fourth-order valence-corrected chi connectivity index (χ4v) is 4.44. The molecule has 1 aliphatic heterocycles. The normalized spacial score (nSPS) is 23.1. The van der Waals surface area contributed by atoms with Crippen LogP contribution in [0.3, 0.4) is 0 Å². The molecule has 1 saturated heterocycles. The van der Waals surface area contributed by atoms with Crippen molar-refractivity contribution >= 4 is 57.4 Å². The van der Waals surface area contributed by atoms with E-state index in [0.29, 0.717) is 33.0 Å². The molecular formula is C25H25Cl2N3O8. The number of amides is 1. The molecule has 0 spiro atoms. The second-order valence-electron chi connectivity index (χ2n) is 8.50. The van der Waals surface area contributed by atoms with Crippen molar-refractivity contribution in [1.82, 2.24) is 10.3 Å². The quantitative estimate of drug-likeness (QED) is 0.269. The third kappa shape index (κ3) is 5.63. The molecular weight excluding hydrogens is 541 g/mol. The first-order valence-electron chi connectivity index (χ1n) is 11.4. The van der Waals surface area contributed by atoms with E-state index in [1.165, 1.54) is 20.2 Å². The van der Waals surface area contributed by atoms with Crippen LogP contribution in [0.1, 0.15) is 17.3 Å². The lowest BCUT2D eigenvalue weighted by atomic mass is 9.97. The van der Waals surface area contributed by atoms with Gasteiger partial charge in [0, 0.05) is 24.2 Å². The van der Waals surface area contributed by atoms with Gasteiger partial charge in [-0.3, -0.25) is 9.78 Å². The number of hydrogen-bond acceptors (Lipinski definition) is 10. The number of esters is 1. The number of pyridine rings is 1. The molecule has 1 aliphatic rings. The van der Waals surface area contributed by atoms with Gasteiger partial charge in [-0.2, -0.15) is 0 Å². The van der Waals surface area contributed by atoms with E-state index in [4.69, 9.17) is 37.4 Å². The number of halogens is 2. The van der Waals surface area contributed by atoms with Gasteiger partial charge in [-0.25, -0.2) is 4.79 Å². The highest BCUT2D eigenvalue weighted by molar-refractivity contribution is 6.45. The SMILES string of the molecule is COC(=O)c1cnc2c(Cl)c(Cl)ccc2c1Nc1ccc(O[C@@H]2O[C@@H](CO)[C@@H](O)[C@@H](O)[C@@H]2NC(C)=O)cc1. The maximum atomic E-state index is 12.4. The number of benzene rings is 2. The summed E-state index contributed by atoms with van der Waals surface area (Å²) in [5.41, 5.74) is 1.54. The Kier molecular flexibility index (Phi) is 8.56. The van der Waals surface area contributed by atoms with Crippen molar-refractivity contribution in [2.45, 2.75) is 37.6 Å². The summed E-state index contributed by atoms with van der Waals surface area (Å²) in [6, 6.07) is 8.68. The number of aliphatic hydroxyl groups excluding tert-OH is 3. The van der Waals surface area contributed by atoms with E-state index < -0.39 is 49.1 Å². The van der Waals surface area contributed by atoms with Crippen molar-refractivity contribution in [2.24, 2.45) is 0 Å². The average Bonchev–Trinajstić information content (AvgIpc) is 2.91. The van der Waals surface area contributed by atoms with Crippen molar-refractivity contribution in [3.05, 3.63) is 58.2 Å². The van der Waals surface area contributed by atoms with Gasteiger partial charge in [0.05, 0.1) is 35.0 Å². The lowest BCUT2D eigenvalue weighted by Gasteiger charge is -2.42. The number of rotatable bonds is 7. The molecule has 13 heteroatoms. The molecule has 0 bridgehead atoms. The van der Waals surface area contributed by atoms with E-state index in [1.807, 2.05) is 0 Å². The fraction of sp³-hybridized carbons (Fsp3) is 0.320. The number of methoxy groups -OCH3 is 1. The van der Waals surface area contributed by atoms with E-state index >= 15 is 0 Å². The molecule has 3 aromatic rings. The highest BCUT2D eigenvalue weighted by Gasteiger charge is 2.46. The molecule has 2 heterocycles. The highest BCUT2D eigenvalue weighted by Crippen LogP contribution is 2.36. The van der Waals surface area contributed by atoms with E-state index in [1.54, 1.807) is 36.4 Å². The number of anilines is 2. The minimum atomic E-state index is -1.44. The number of nitrogens with zero attached hydrogens (tertiary/aromatic N) is 1. The Labute approximate surface area is 227 Å². The first-order valence-corrected chi connectivity index (χ1v) is 12.2. The maximum Gasteiger partial charge on any atom is 0.341 e. The smallest absolute Gasteiger partial charge is 0.341 e. The molecule has 0 aliphatic carbocycles. The molecule has 4 rings (SSSR count). The van der Waals surface area contributed by atoms with Crippen LogP contribution in [-0.4, -0.2) is 76.5 Å². The van der Waals surface area contributed by atoms with Crippen LogP contribution in [0.15, 0.2) is 42.6 Å². The number of nitrogens with one attached hydrogen (secondary N) is 2. The van der Waals surface area contributed by atoms with Crippen LogP contribution in [-0.2, 0) is 14.3 Å². The highest BCUT2D eigenvalue weighted by atomic mass is 35.5. The molecule has 0 radical (unpaired) electrons. The zero-order chi connectivity index (χ0) is 27.6. The Morgan fingerprint density at radius 2 is 1.82 bits per heavy atom. The summed E-state index contributed by atoms with van der Waals surface area (Å²) in [4.78, 5) is 28.3. The van der Waals surface area contributed by atoms with Crippen LogP contribution in [0.25, 0.3) is 10.9 Å². The molecule has 1 fully saturated rings. The van der Waals surface area contributed by atoms with Crippen molar-refractivity contribution in [3.8, 4) is 5.75 Å². The zero-order valence-corrected chi connectivity index (χ0v) is 21.7. The molecule has 38 heavy (non-hydrogen) atoms. The van der Waals surface area contributed by atoms with Gasteiger partial charge >= 0.3 is 5.97 Å². The maximum absolute atomic E-state index is 12.4. The second-order valence-corrected chi connectivity index (χ2v) is 9.28. The Bertz CT molecular complexity index is 1340. The van der Waals surface area contributed by atoms with Crippen LogP contribution in [0.2, 0.25) is 10.0 Å². The van der Waals surface area contributed by atoms with Gasteiger partial charge in [-0.15, -0.1) is 0 Å². The van der Waals surface area contributed by atoms with Crippen LogP contribution < -0.4 is 15.4 Å². The fourth-order valence-electron chi connectivity index (χ4n) is 4.07. The number of aliphatic hydroxyl groups is 3. The van der Waals surface area contributed by atoms with Crippen LogP contribution in [0, 0.1) is 0 Å². The van der Waals surface area contributed by atoms with E-state index in [-0.39, 0.29) is 10.6 Å². The van der Waals surface area contributed by atoms with Crippen LogP contribution in [0.5, 0.6) is 5.75 Å². The number of fused-ring (bicyclic) bond motifs is 1. The van der Waals surface area contributed by atoms with Crippen molar-refractivity contribution in [2.75, 3.05) is 19.0 Å². The summed E-state index contributed by atoms with van der Waals surface area (Å²) in [7, 11) is 1.26. The number of ether oxygens (including phenoxy) is 3. The van der Waals surface area contributed by atoms with Gasteiger partial charge in [0.15, 0.2) is 0 Å². The third-order valence-corrected chi connectivity index (χ3v) is 6.76. The second kappa shape index (κ2) is 11.7. The lowest BCUT2D eigenvalue weighted by Crippen LogP contribution is -2.65. The summed E-state index contributed by atoms with van der Waals surface area (Å²) in [5, 5.41) is 36.9. The number of carbonyl (C=O) groups excluding carboxylic acids is 2. The molecule has 5 atom stereocenters. The van der Waals surface area contributed by atoms with Gasteiger partial charge in [-0.05, 0) is 36.4 Å². The van der Waals surface area contributed by atoms with E-state index in [2.05, 4.69) is 15.6 Å². The summed E-state index contributed by atoms with van der Waals surface area (Å²) in [5.74, 6) is -0.767. The standard InChI is InChI=1S/C25H25Cl2N3O8/c1-11(32)29-21-23(34)22(33)17(10-31)38-25(21)37-13-5-3-12(4-6-13)30-19-14-7-8-16(26)18(27)20(14)28-9-15(19)24(35)36-2/h3-9,17,21-23,25,31,33-34H,10H2,1-2H3,(H,28,30)(H,29,32)/t17-,21-,22+,23-,25+/m0/s1. The largest absolute Gasteiger partial charge is 0.465 e. The topological polar surface area (TPSA) is 159 Å². The van der Waals surface area contributed by atoms with Gasteiger partial charge < -0.3 is 40.2 Å². The van der Waals surface area contributed by atoms with Crippen molar-refractivity contribution < 1.29 is 39.1 Å². The molecule has 2 aromatic carbocycles. The Balaban J connectivity index is 1.61. The molecule has 0 saturated carbocycles. The summed E-state index contributed by atoms with van der Waals surface area (Å²) in [6.45, 7) is 0.687. The molecule has 202 valence electrons. The minimum absolute atomic E-state index is 0.176. The van der Waals surface area contributed by atoms with Gasteiger partial charge in [0.1, 0.15) is 35.7 Å². The number of carbonyl (C=O) groups is 2. The summed E-state index contributed by atoms with van der Waals surface area (Å²) in [6.07, 6.45) is -3.83. The molecule has 1 amide bonds. The summed E-state index contributed by atoms with van der Waals surface area (Å²) < 4.78 is 16.3. The predicted molar refractivity (Wildman–Crippen MR) is 139 cm³/mol. The van der Waals surface area contributed by atoms with Gasteiger partial charge in [0.25, 0.3) is 0 Å². The monoisotopic (exact) mass is 565 g/mol. The predicted octanol–water partition coefficient (Wildman–Crippen LogP) is 2.39. The Morgan fingerprint density at radius 1 is 1.11 bits per heavy atom. The number of aromatic nitrogens is 1. The van der Waals surface area contributed by atoms with Crippen LogP contribution >= 0.6 is 23.2 Å². The van der Waals surface area contributed by atoms with Crippen LogP contribution in [0.4, 0.5) is 11.4 Å². The summed E-state index contributed by atoms with van der Waals surface area (Å²) >= 11 is 12.4. The first kappa shape index (κ1) is 27.8. The lowest BCUT2D eigenvalue weighted by molar-refractivity contribution is -0.244. The zero-order valence-electron chi connectivity index (χ0n) is 20.2. The molecule has 11 nitrogen and oxygen atoms in total. The van der Waals surface area contributed by atoms with E-state index in [9.17, 15) is 24.9 Å². The van der Waals surface area contributed by atoms with E-state index in [0.717, 1.165) is 0 Å². The Hall–Kier alpha value is -3.19. The van der Waals surface area contributed by atoms with Crippen molar-refractivity contribution in [3.63, 3.8) is 0 Å². The molecule has 1 aromatic heterocycles. The van der Waals surface area contributed by atoms with Crippen molar-refractivity contribution in [1.29, 1.82) is 0 Å². The average molecular weight is 566 g/mol. The number of hydrogen-bond donors (Lipinski definition) is 5. The van der Waals surface area contributed by atoms with Gasteiger partial charge in [-0.1, -0.05) is 23.2 Å². The Morgan fingerprint density at radius 3 is 2.45 bits per heavy atom. The minimum Gasteiger partial charge on any atom is -0.465 e. The van der Waals surface area contributed by atoms with Gasteiger partial charge in [0.2, 0.25) is 12.2 Å². The molecule has 0 unspecified atom stereocenters.